The number of para-hydroxylation sites is 1. The third kappa shape index (κ3) is 2.23. The average Bonchev–Trinajstić information content (AvgIpc) is 2.53. The molecule has 108 valence electrons. The van der Waals surface area contributed by atoms with Crippen LogP contribution in [0.4, 0.5) is 5.69 Å². The number of anilines is 1. The molecule has 0 aliphatic carbocycles. The monoisotopic (exact) mass is 280 g/mol. The Morgan fingerprint density at radius 2 is 1.71 bits per heavy atom. The van der Waals surface area contributed by atoms with Crippen LogP contribution < -0.4 is 21.9 Å². The molecule has 0 radical (unpaired) electrons. The van der Waals surface area contributed by atoms with Crippen LogP contribution in [0.2, 0.25) is 0 Å². The first kappa shape index (κ1) is 13.5. The fourth-order valence-corrected chi connectivity index (χ4v) is 2.89. The van der Waals surface area contributed by atoms with Crippen molar-refractivity contribution in [3.8, 4) is 0 Å². The van der Waals surface area contributed by atoms with Crippen molar-refractivity contribution >= 4 is 17.1 Å². The summed E-state index contributed by atoms with van der Waals surface area (Å²) in [7, 11) is 0. The Morgan fingerprint density at radius 1 is 1.05 bits per heavy atom. The van der Waals surface area contributed by atoms with Gasteiger partial charge in [-0.3, -0.25) is 5.84 Å². The Morgan fingerprint density at radius 3 is 2.43 bits per heavy atom. The van der Waals surface area contributed by atoms with Crippen molar-refractivity contribution in [2.75, 3.05) is 11.4 Å². The van der Waals surface area contributed by atoms with Crippen LogP contribution in [0.25, 0.3) is 11.4 Å². The van der Waals surface area contributed by atoms with Gasteiger partial charge in [0.15, 0.2) is 0 Å². The van der Waals surface area contributed by atoms with E-state index in [0.29, 0.717) is 5.70 Å². The Labute approximate surface area is 125 Å². The van der Waals surface area contributed by atoms with Crippen molar-refractivity contribution in [1.82, 2.24) is 5.43 Å². The quantitative estimate of drug-likeness (QED) is 0.583. The van der Waals surface area contributed by atoms with Gasteiger partial charge in [0.05, 0.1) is 11.4 Å². The van der Waals surface area contributed by atoms with Gasteiger partial charge in [-0.1, -0.05) is 42.5 Å². The van der Waals surface area contributed by atoms with Crippen LogP contribution in [0.3, 0.4) is 0 Å². The molecule has 5 N–H and O–H groups in total. The van der Waals surface area contributed by atoms with Crippen molar-refractivity contribution in [3.63, 3.8) is 0 Å². The molecule has 0 saturated carbocycles. The highest BCUT2D eigenvalue weighted by Gasteiger charge is 2.20. The Hall–Kier alpha value is -2.46. The van der Waals surface area contributed by atoms with Crippen LogP contribution in [-0.4, -0.2) is 6.54 Å². The summed E-state index contributed by atoms with van der Waals surface area (Å²) in [4.78, 5) is 2.33. The minimum Gasteiger partial charge on any atom is -0.396 e. The largest absolute Gasteiger partial charge is 0.396 e. The third-order valence-electron chi connectivity index (χ3n) is 3.98. The van der Waals surface area contributed by atoms with E-state index < -0.39 is 0 Å². The molecule has 2 aromatic carbocycles. The molecule has 0 fully saturated rings. The average molecular weight is 280 g/mol. The highest BCUT2D eigenvalue weighted by Crippen LogP contribution is 2.33. The molecule has 21 heavy (non-hydrogen) atoms. The zero-order valence-electron chi connectivity index (χ0n) is 12.1. The van der Waals surface area contributed by atoms with Crippen LogP contribution in [0.15, 0.2) is 48.5 Å². The number of fused-ring (bicyclic) bond motifs is 2. The molecule has 1 aliphatic rings. The van der Waals surface area contributed by atoms with Gasteiger partial charge in [0, 0.05) is 29.9 Å². The Bertz CT molecular complexity index is 691. The SMILES string of the molecule is CCN1Cc2ccccc2/C(N)=C(/NN)c2ccccc21. The summed E-state index contributed by atoms with van der Waals surface area (Å²) in [5.41, 5.74) is 15.1. The van der Waals surface area contributed by atoms with E-state index in [9.17, 15) is 0 Å². The summed E-state index contributed by atoms with van der Waals surface area (Å²) >= 11 is 0. The lowest BCUT2D eigenvalue weighted by atomic mass is 9.96. The maximum absolute atomic E-state index is 6.39. The fourth-order valence-electron chi connectivity index (χ4n) is 2.89. The molecule has 0 atom stereocenters. The van der Waals surface area contributed by atoms with Gasteiger partial charge in [-0.15, -0.1) is 0 Å². The van der Waals surface area contributed by atoms with E-state index in [1.807, 2.05) is 36.4 Å². The van der Waals surface area contributed by atoms with E-state index in [4.69, 9.17) is 11.6 Å². The number of hydrogen-bond acceptors (Lipinski definition) is 4. The van der Waals surface area contributed by atoms with Crippen molar-refractivity contribution < 1.29 is 0 Å². The number of nitrogens with one attached hydrogen (secondary N) is 1. The molecule has 4 nitrogen and oxygen atoms in total. The zero-order chi connectivity index (χ0) is 14.8. The van der Waals surface area contributed by atoms with E-state index >= 15 is 0 Å². The lowest BCUT2D eigenvalue weighted by Crippen LogP contribution is -2.30. The second-order valence-electron chi connectivity index (χ2n) is 5.12. The van der Waals surface area contributed by atoms with Crippen LogP contribution in [-0.2, 0) is 6.54 Å². The van der Waals surface area contributed by atoms with Gasteiger partial charge in [-0.25, -0.2) is 0 Å². The minimum absolute atomic E-state index is 0.691. The molecule has 0 saturated heterocycles. The number of nitrogens with zero attached hydrogens (tertiary/aromatic N) is 1. The lowest BCUT2D eigenvalue weighted by Gasteiger charge is -2.30. The molecule has 4 heteroatoms. The van der Waals surface area contributed by atoms with Gasteiger partial charge >= 0.3 is 0 Å². The van der Waals surface area contributed by atoms with Crippen LogP contribution in [0.1, 0.15) is 23.6 Å². The summed E-state index contributed by atoms with van der Waals surface area (Å²) in [6, 6.07) is 16.4. The molecule has 3 rings (SSSR count). The summed E-state index contributed by atoms with van der Waals surface area (Å²) in [6.45, 7) is 3.91. The van der Waals surface area contributed by atoms with Gasteiger partial charge in [0.25, 0.3) is 0 Å². The van der Waals surface area contributed by atoms with E-state index in [-0.39, 0.29) is 0 Å². The first-order valence-electron chi connectivity index (χ1n) is 7.15. The highest BCUT2D eigenvalue weighted by atomic mass is 15.2. The Kier molecular flexibility index (Phi) is 3.54. The molecule has 0 amide bonds. The molecule has 0 unspecified atom stereocenters. The van der Waals surface area contributed by atoms with Crippen molar-refractivity contribution in [3.05, 3.63) is 65.2 Å². The molecule has 0 spiro atoms. The fraction of sp³-hybridized carbons (Fsp3) is 0.176. The summed E-state index contributed by atoms with van der Waals surface area (Å²) in [6.07, 6.45) is 0. The topological polar surface area (TPSA) is 67.3 Å². The maximum atomic E-state index is 6.39. The minimum atomic E-state index is 0.691. The molecule has 0 bridgehead atoms. The van der Waals surface area contributed by atoms with E-state index in [0.717, 1.165) is 35.6 Å². The smallest absolute Gasteiger partial charge is 0.0816 e. The van der Waals surface area contributed by atoms with Crippen molar-refractivity contribution in [2.24, 2.45) is 11.6 Å². The molecular formula is C17H20N4. The normalized spacial score (nSPS) is 17.5. The standard InChI is InChI=1S/C17H20N4/c1-2-21-11-12-7-3-4-8-13(12)16(18)17(20-19)14-9-5-6-10-15(14)21/h3-10,20H,2,11,18-19H2,1H3/b17-16-. The Balaban J connectivity index is 2.32. The zero-order valence-corrected chi connectivity index (χ0v) is 12.1. The number of hydrogen-bond donors (Lipinski definition) is 3. The van der Waals surface area contributed by atoms with Crippen molar-refractivity contribution in [1.29, 1.82) is 0 Å². The predicted molar refractivity (Wildman–Crippen MR) is 87.9 cm³/mol. The van der Waals surface area contributed by atoms with Gasteiger partial charge in [-0.2, -0.15) is 0 Å². The third-order valence-corrected chi connectivity index (χ3v) is 3.98. The molecule has 1 aliphatic heterocycles. The number of benzene rings is 2. The number of hydrazine groups is 1. The first-order valence-corrected chi connectivity index (χ1v) is 7.15. The lowest BCUT2D eigenvalue weighted by molar-refractivity contribution is 0.823. The highest BCUT2D eigenvalue weighted by molar-refractivity contribution is 5.93. The second-order valence-corrected chi connectivity index (χ2v) is 5.12. The van der Waals surface area contributed by atoms with Crippen molar-refractivity contribution in [2.45, 2.75) is 13.5 Å². The summed E-state index contributed by atoms with van der Waals surface area (Å²) in [5.74, 6) is 5.77. The first-order chi connectivity index (χ1) is 10.3. The van der Waals surface area contributed by atoms with E-state index in [2.05, 4.69) is 29.4 Å². The molecule has 2 aromatic rings. The number of rotatable bonds is 2. The predicted octanol–water partition coefficient (Wildman–Crippen LogP) is 2.27. The summed E-state index contributed by atoms with van der Waals surface area (Å²) < 4.78 is 0. The van der Waals surface area contributed by atoms with Crippen LogP contribution >= 0.6 is 0 Å². The van der Waals surface area contributed by atoms with E-state index in [1.54, 1.807) is 0 Å². The van der Waals surface area contributed by atoms with Crippen LogP contribution in [0, 0.1) is 0 Å². The number of nitrogens with two attached hydrogens (primary N) is 2. The van der Waals surface area contributed by atoms with Gasteiger partial charge in [-0.05, 0) is 18.6 Å². The molecule has 1 heterocycles. The maximum Gasteiger partial charge on any atom is 0.0816 e. The van der Waals surface area contributed by atoms with Gasteiger partial charge in [0.2, 0.25) is 0 Å². The molecular weight excluding hydrogens is 260 g/mol. The van der Waals surface area contributed by atoms with Gasteiger partial charge < -0.3 is 16.1 Å². The molecule has 0 aromatic heterocycles. The van der Waals surface area contributed by atoms with E-state index in [1.165, 1.54) is 5.56 Å². The van der Waals surface area contributed by atoms with Crippen LogP contribution in [0.5, 0.6) is 0 Å². The summed E-state index contributed by atoms with van der Waals surface area (Å²) in [5, 5.41) is 0. The second kappa shape index (κ2) is 5.50. The van der Waals surface area contributed by atoms with Gasteiger partial charge in [0.1, 0.15) is 0 Å².